The molecule has 0 bridgehead atoms. The molecule has 19 heteroatoms. The molecule has 2 saturated heterocycles. The zero-order chi connectivity index (χ0) is 36.3. The van der Waals surface area contributed by atoms with E-state index in [-0.39, 0.29) is 32.5 Å². The highest BCUT2D eigenvalue weighted by atomic mass is 16.4. The molecule has 0 aromatic heterocycles. The summed E-state index contributed by atoms with van der Waals surface area (Å²) in [6.07, 6.45) is 4.41. The third kappa shape index (κ3) is 13.6. The van der Waals surface area contributed by atoms with Gasteiger partial charge in [-0.25, -0.2) is 4.79 Å². The molecule has 0 radical (unpaired) electrons. The lowest BCUT2D eigenvalue weighted by atomic mass is 10.1. The van der Waals surface area contributed by atoms with Crippen LogP contribution in [0.1, 0.15) is 64.2 Å². The van der Waals surface area contributed by atoms with Crippen LogP contribution in [0, 0.1) is 0 Å². The number of carbonyl (C=O) groups excluding carboxylic acids is 7. The second-order valence-corrected chi connectivity index (χ2v) is 12.0. The van der Waals surface area contributed by atoms with Gasteiger partial charge in [0.2, 0.25) is 41.4 Å². The van der Waals surface area contributed by atoms with Crippen LogP contribution in [0.15, 0.2) is 0 Å². The Labute approximate surface area is 285 Å². The summed E-state index contributed by atoms with van der Waals surface area (Å²) in [4.78, 5) is 103. The topological polar surface area (TPSA) is 301 Å². The van der Waals surface area contributed by atoms with Gasteiger partial charge in [0.25, 0.3) is 0 Å². The SMILES string of the molecule is NCCCCC(NC(=O)C1CCCN1C(=O)CNC(=O)CNC(=O)C(CCCCN)NC(=O)C1CCCN1C(=O)CNC(=O)CN)C(=O)O. The van der Waals surface area contributed by atoms with Crippen molar-refractivity contribution in [2.75, 3.05) is 52.4 Å². The number of carboxylic acids is 1. The molecule has 4 atom stereocenters. The highest BCUT2D eigenvalue weighted by Crippen LogP contribution is 2.19. The van der Waals surface area contributed by atoms with E-state index in [4.69, 9.17) is 17.2 Å². The van der Waals surface area contributed by atoms with Crippen molar-refractivity contribution in [3.8, 4) is 0 Å². The van der Waals surface area contributed by atoms with Crippen molar-refractivity contribution in [1.29, 1.82) is 0 Å². The van der Waals surface area contributed by atoms with Crippen molar-refractivity contribution in [1.82, 2.24) is 36.4 Å². The molecule has 0 spiro atoms. The molecule has 7 amide bonds. The molecule has 19 nitrogen and oxygen atoms in total. The van der Waals surface area contributed by atoms with E-state index in [1.807, 2.05) is 0 Å². The molecule has 2 rings (SSSR count). The van der Waals surface area contributed by atoms with Gasteiger partial charge in [-0.2, -0.15) is 0 Å². The number of carboxylic acid groups (broad SMARTS) is 1. The molecule has 49 heavy (non-hydrogen) atoms. The summed E-state index contributed by atoms with van der Waals surface area (Å²) in [6.45, 7) is -0.227. The molecule has 0 aliphatic carbocycles. The van der Waals surface area contributed by atoms with Crippen LogP contribution in [0.5, 0.6) is 0 Å². The first-order valence-electron chi connectivity index (χ1n) is 16.8. The van der Waals surface area contributed by atoms with E-state index in [0.29, 0.717) is 71.0 Å². The van der Waals surface area contributed by atoms with Crippen molar-refractivity contribution < 1.29 is 43.5 Å². The first-order valence-corrected chi connectivity index (χ1v) is 16.8. The normalized spacial score (nSPS) is 18.3. The van der Waals surface area contributed by atoms with Crippen molar-refractivity contribution in [2.45, 2.75) is 88.4 Å². The molecular formula is C30H52N10O9. The third-order valence-corrected chi connectivity index (χ3v) is 8.38. The van der Waals surface area contributed by atoms with Crippen LogP contribution in [0.4, 0.5) is 0 Å². The Morgan fingerprint density at radius 3 is 1.57 bits per heavy atom. The molecule has 276 valence electrons. The Bertz CT molecular complexity index is 1190. The van der Waals surface area contributed by atoms with Gasteiger partial charge < -0.3 is 58.7 Å². The molecule has 0 saturated carbocycles. The van der Waals surface area contributed by atoms with Crippen LogP contribution in [-0.4, -0.2) is 139 Å². The molecule has 2 fully saturated rings. The van der Waals surface area contributed by atoms with Crippen molar-refractivity contribution >= 4 is 47.3 Å². The van der Waals surface area contributed by atoms with Crippen LogP contribution in [0.3, 0.4) is 0 Å². The quantitative estimate of drug-likeness (QED) is 0.0514. The molecular weight excluding hydrogens is 644 g/mol. The van der Waals surface area contributed by atoms with Gasteiger partial charge in [0.1, 0.15) is 24.2 Å². The first-order chi connectivity index (χ1) is 23.4. The summed E-state index contributed by atoms with van der Waals surface area (Å²) >= 11 is 0. The maximum absolute atomic E-state index is 13.2. The number of likely N-dealkylation sites (tertiary alicyclic amines) is 2. The fourth-order valence-corrected chi connectivity index (χ4v) is 5.70. The zero-order valence-electron chi connectivity index (χ0n) is 27.9. The number of nitrogens with zero attached hydrogens (tertiary/aromatic N) is 2. The van der Waals surface area contributed by atoms with Gasteiger partial charge in [-0.1, -0.05) is 0 Å². The maximum atomic E-state index is 13.2. The molecule has 0 aromatic carbocycles. The van der Waals surface area contributed by atoms with Gasteiger partial charge in [-0.05, 0) is 77.3 Å². The smallest absolute Gasteiger partial charge is 0.326 e. The predicted octanol–water partition coefficient (Wildman–Crippen LogP) is -4.41. The zero-order valence-corrected chi connectivity index (χ0v) is 27.9. The summed E-state index contributed by atoms with van der Waals surface area (Å²) in [5.74, 6) is -5.17. The lowest BCUT2D eigenvalue weighted by Crippen LogP contribution is -2.55. The second-order valence-electron chi connectivity index (χ2n) is 12.0. The first kappa shape index (κ1) is 40.8. The highest BCUT2D eigenvalue weighted by Gasteiger charge is 2.37. The lowest BCUT2D eigenvalue weighted by Gasteiger charge is -2.26. The standard InChI is InChI=1S/C30H52N10O9/c31-11-3-1-7-19(37-28(46)21-9-5-13-39(21)25(43)17-34-23(41)15-33)27(45)36-16-24(42)35-18-26(44)40-14-6-10-22(40)29(47)38-20(30(48)49)8-2-4-12-32/h19-22H,1-18,31-33H2,(H,34,41)(H,35,42)(H,36,45)(H,37,46)(H,38,47)(H,48,49). The Morgan fingerprint density at radius 1 is 0.633 bits per heavy atom. The molecule has 2 aliphatic heterocycles. The summed E-state index contributed by atoms with van der Waals surface area (Å²) in [7, 11) is 0. The summed E-state index contributed by atoms with van der Waals surface area (Å²) in [6, 6.07) is -3.87. The van der Waals surface area contributed by atoms with Crippen LogP contribution >= 0.6 is 0 Å². The lowest BCUT2D eigenvalue weighted by molar-refractivity contribution is -0.144. The summed E-state index contributed by atoms with van der Waals surface area (Å²) in [5, 5.41) is 21.9. The predicted molar refractivity (Wildman–Crippen MR) is 175 cm³/mol. The maximum Gasteiger partial charge on any atom is 0.326 e. The number of nitrogens with two attached hydrogens (primary N) is 3. The molecule has 0 aromatic rings. The van der Waals surface area contributed by atoms with E-state index >= 15 is 0 Å². The number of rotatable bonds is 21. The summed E-state index contributed by atoms with van der Waals surface area (Å²) in [5.41, 5.74) is 16.3. The van der Waals surface area contributed by atoms with E-state index < -0.39 is 84.6 Å². The van der Waals surface area contributed by atoms with Crippen molar-refractivity contribution in [3.63, 3.8) is 0 Å². The van der Waals surface area contributed by atoms with Crippen LogP contribution in [-0.2, 0) is 38.4 Å². The van der Waals surface area contributed by atoms with E-state index in [1.54, 1.807) is 0 Å². The molecule has 12 N–H and O–H groups in total. The number of carbonyl (C=O) groups is 8. The Balaban J connectivity index is 1.89. The number of amides is 7. The average Bonchev–Trinajstić information content (AvgIpc) is 3.78. The number of hydrogen-bond acceptors (Lipinski definition) is 11. The average molecular weight is 697 g/mol. The number of hydrogen-bond donors (Lipinski definition) is 9. The highest BCUT2D eigenvalue weighted by molar-refractivity contribution is 5.95. The third-order valence-electron chi connectivity index (χ3n) is 8.38. The Morgan fingerprint density at radius 2 is 1.10 bits per heavy atom. The minimum atomic E-state index is -1.18. The van der Waals surface area contributed by atoms with Gasteiger partial charge in [-0.15, -0.1) is 0 Å². The van der Waals surface area contributed by atoms with Crippen LogP contribution in [0.2, 0.25) is 0 Å². The molecule has 4 unspecified atom stereocenters. The minimum absolute atomic E-state index is 0.202. The van der Waals surface area contributed by atoms with E-state index in [2.05, 4.69) is 26.6 Å². The van der Waals surface area contributed by atoms with Crippen molar-refractivity contribution in [3.05, 3.63) is 0 Å². The number of unbranched alkanes of at least 4 members (excludes halogenated alkanes) is 2. The molecule has 2 aliphatic rings. The van der Waals surface area contributed by atoms with Gasteiger partial charge in [0, 0.05) is 13.1 Å². The van der Waals surface area contributed by atoms with Gasteiger partial charge in [-0.3, -0.25) is 33.6 Å². The fraction of sp³-hybridized carbons (Fsp3) is 0.733. The summed E-state index contributed by atoms with van der Waals surface area (Å²) < 4.78 is 0. The minimum Gasteiger partial charge on any atom is -0.480 e. The van der Waals surface area contributed by atoms with Crippen molar-refractivity contribution in [2.24, 2.45) is 17.2 Å². The van der Waals surface area contributed by atoms with E-state index in [9.17, 15) is 43.5 Å². The second kappa shape index (κ2) is 21.6. The van der Waals surface area contributed by atoms with Gasteiger partial charge >= 0.3 is 5.97 Å². The van der Waals surface area contributed by atoms with Crippen LogP contribution < -0.4 is 43.8 Å². The molecule has 2 heterocycles. The number of aliphatic carboxylic acids is 1. The van der Waals surface area contributed by atoms with Gasteiger partial charge in [0.15, 0.2) is 0 Å². The number of nitrogens with one attached hydrogen (secondary N) is 5. The fourth-order valence-electron chi connectivity index (χ4n) is 5.70. The van der Waals surface area contributed by atoms with Gasteiger partial charge in [0.05, 0.1) is 26.2 Å². The monoisotopic (exact) mass is 696 g/mol. The van der Waals surface area contributed by atoms with E-state index in [1.165, 1.54) is 9.80 Å². The van der Waals surface area contributed by atoms with E-state index in [0.717, 1.165) is 0 Å². The largest absolute Gasteiger partial charge is 0.480 e. The van der Waals surface area contributed by atoms with Crippen LogP contribution in [0.25, 0.3) is 0 Å². The Kier molecular flexibility index (Phi) is 18.0. The Hall–Kier alpha value is -4.36.